The normalized spacial score (nSPS) is 16.2. The zero-order valence-electron chi connectivity index (χ0n) is 10.0. The lowest BCUT2D eigenvalue weighted by atomic mass is 10.1. The molecule has 0 aromatic carbocycles. The molecule has 0 saturated carbocycles. The van der Waals surface area contributed by atoms with Gasteiger partial charge in [-0.25, -0.2) is 4.98 Å². The number of aromatic nitrogens is 1. The van der Waals surface area contributed by atoms with Gasteiger partial charge in [-0.3, -0.25) is 0 Å². The van der Waals surface area contributed by atoms with Crippen LogP contribution in [0, 0.1) is 6.92 Å². The number of pyridine rings is 1. The van der Waals surface area contributed by atoms with Gasteiger partial charge < -0.3 is 10.6 Å². The standard InChI is InChI=1S/C13H19N3/c1-10-5-7-16(8-6-10)13-12(9-14)4-3-11(2)15-13/h3-5H,6-9,14H2,1-2H3. The van der Waals surface area contributed by atoms with Crippen molar-refractivity contribution in [3.8, 4) is 0 Å². The smallest absolute Gasteiger partial charge is 0.133 e. The largest absolute Gasteiger partial charge is 0.352 e. The maximum Gasteiger partial charge on any atom is 0.133 e. The second-order valence-electron chi connectivity index (χ2n) is 4.39. The topological polar surface area (TPSA) is 42.2 Å². The van der Waals surface area contributed by atoms with Gasteiger partial charge in [0.1, 0.15) is 5.82 Å². The van der Waals surface area contributed by atoms with Crippen LogP contribution in [0.4, 0.5) is 5.82 Å². The zero-order chi connectivity index (χ0) is 11.5. The van der Waals surface area contributed by atoms with Crippen molar-refractivity contribution in [2.45, 2.75) is 26.8 Å². The van der Waals surface area contributed by atoms with E-state index in [0.717, 1.165) is 36.6 Å². The highest BCUT2D eigenvalue weighted by atomic mass is 15.2. The van der Waals surface area contributed by atoms with Crippen LogP contribution in [0.15, 0.2) is 23.8 Å². The average molecular weight is 217 g/mol. The lowest BCUT2D eigenvalue weighted by Gasteiger charge is -2.28. The van der Waals surface area contributed by atoms with E-state index in [0.29, 0.717) is 6.54 Å². The summed E-state index contributed by atoms with van der Waals surface area (Å²) in [5.41, 5.74) is 9.41. The van der Waals surface area contributed by atoms with Crippen LogP contribution in [-0.4, -0.2) is 18.1 Å². The van der Waals surface area contributed by atoms with Crippen LogP contribution in [0.3, 0.4) is 0 Å². The molecule has 86 valence electrons. The van der Waals surface area contributed by atoms with Crippen LogP contribution in [0.5, 0.6) is 0 Å². The lowest BCUT2D eigenvalue weighted by Crippen LogP contribution is -2.30. The molecule has 0 aliphatic carbocycles. The van der Waals surface area contributed by atoms with Crippen molar-refractivity contribution in [2.24, 2.45) is 5.73 Å². The highest BCUT2D eigenvalue weighted by Gasteiger charge is 2.14. The molecule has 0 atom stereocenters. The van der Waals surface area contributed by atoms with E-state index in [-0.39, 0.29) is 0 Å². The molecular weight excluding hydrogens is 198 g/mol. The highest BCUT2D eigenvalue weighted by molar-refractivity contribution is 5.49. The Labute approximate surface area is 97.0 Å². The Morgan fingerprint density at radius 2 is 2.19 bits per heavy atom. The molecule has 0 radical (unpaired) electrons. The maximum atomic E-state index is 5.75. The summed E-state index contributed by atoms with van der Waals surface area (Å²) in [5, 5.41) is 0. The van der Waals surface area contributed by atoms with E-state index in [9.17, 15) is 0 Å². The van der Waals surface area contributed by atoms with Gasteiger partial charge in [-0.15, -0.1) is 0 Å². The van der Waals surface area contributed by atoms with Crippen molar-refractivity contribution in [1.29, 1.82) is 0 Å². The maximum absolute atomic E-state index is 5.75. The average Bonchev–Trinajstić information content (AvgIpc) is 2.30. The fraction of sp³-hybridized carbons (Fsp3) is 0.462. The summed E-state index contributed by atoms with van der Waals surface area (Å²) >= 11 is 0. The van der Waals surface area contributed by atoms with Gasteiger partial charge in [0, 0.05) is 30.9 Å². The molecule has 3 heteroatoms. The fourth-order valence-corrected chi connectivity index (χ4v) is 1.97. The number of rotatable bonds is 2. The second-order valence-corrected chi connectivity index (χ2v) is 4.39. The Morgan fingerprint density at radius 3 is 2.81 bits per heavy atom. The van der Waals surface area contributed by atoms with Crippen molar-refractivity contribution >= 4 is 5.82 Å². The second kappa shape index (κ2) is 4.66. The molecule has 1 aliphatic rings. The molecule has 16 heavy (non-hydrogen) atoms. The van der Waals surface area contributed by atoms with E-state index < -0.39 is 0 Å². The Balaban J connectivity index is 2.29. The third-order valence-corrected chi connectivity index (χ3v) is 3.05. The fourth-order valence-electron chi connectivity index (χ4n) is 1.97. The van der Waals surface area contributed by atoms with Gasteiger partial charge in [0.2, 0.25) is 0 Å². The molecule has 0 saturated heterocycles. The zero-order valence-corrected chi connectivity index (χ0v) is 10.0. The number of hydrogen-bond acceptors (Lipinski definition) is 3. The minimum absolute atomic E-state index is 0.557. The number of nitrogens with two attached hydrogens (primary N) is 1. The van der Waals surface area contributed by atoms with Crippen molar-refractivity contribution in [3.63, 3.8) is 0 Å². The molecule has 0 fully saturated rings. The number of anilines is 1. The summed E-state index contributed by atoms with van der Waals surface area (Å²) in [6, 6.07) is 4.11. The summed E-state index contributed by atoms with van der Waals surface area (Å²) in [4.78, 5) is 6.92. The number of hydrogen-bond donors (Lipinski definition) is 1. The molecule has 1 aromatic rings. The third-order valence-electron chi connectivity index (χ3n) is 3.05. The first-order valence-electron chi connectivity index (χ1n) is 5.78. The van der Waals surface area contributed by atoms with Crippen molar-refractivity contribution in [2.75, 3.05) is 18.0 Å². The van der Waals surface area contributed by atoms with Crippen LogP contribution in [-0.2, 0) is 6.54 Å². The van der Waals surface area contributed by atoms with Gasteiger partial charge in [0.05, 0.1) is 0 Å². The van der Waals surface area contributed by atoms with E-state index in [2.05, 4.69) is 29.0 Å². The molecule has 0 spiro atoms. The van der Waals surface area contributed by atoms with Gasteiger partial charge in [-0.2, -0.15) is 0 Å². The summed E-state index contributed by atoms with van der Waals surface area (Å²) in [6.45, 7) is 6.77. The first kappa shape index (κ1) is 11.1. The Bertz CT molecular complexity index is 410. The van der Waals surface area contributed by atoms with Gasteiger partial charge in [0.25, 0.3) is 0 Å². The first-order valence-corrected chi connectivity index (χ1v) is 5.78. The molecule has 2 rings (SSSR count). The van der Waals surface area contributed by atoms with E-state index in [1.54, 1.807) is 0 Å². The molecule has 3 nitrogen and oxygen atoms in total. The van der Waals surface area contributed by atoms with Crippen molar-refractivity contribution in [3.05, 3.63) is 35.0 Å². The first-order chi connectivity index (χ1) is 7.70. The molecule has 2 heterocycles. The van der Waals surface area contributed by atoms with Crippen molar-refractivity contribution in [1.82, 2.24) is 4.98 Å². The van der Waals surface area contributed by atoms with Crippen LogP contribution in [0.1, 0.15) is 24.6 Å². The molecule has 0 bridgehead atoms. The van der Waals surface area contributed by atoms with E-state index in [1.807, 2.05) is 13.0 Å². The summed E-state index contributed by atoms with van der Waals surface area (Å²) in [5.74, 6) is 1.06. The number of nitrogens with zero attached hydrogens (tertiary/aromatic N) is 2. The van der Waals surface area contributed by atoms with E-state index in [4.69, 9.17) is 5.73 Å². The van der Waals surface area contributed by atoms with Gasteiger partial charge in [-0.1, -0.05) is 17.7 Å². The summed E-state index contributed by atoms with van der Waals surface area (Å²) < 4.78 is 0. The Morgan fingerprint density at radius 1 is 1.38 bits per heavy atom. The molecule has 1 aromatic heterocycles. The molecule has 2 N–H and O–H groups in total. The summed E-state index contributed by atoms with van der Waals surface area (Å²) in [6.07, 6.45) is 3.40. The Kier molecular flexibility index (Phi) is 3.25. The predicted molar refractivity (Wildman–Crippen MR) is 67.5 cm³/mol. The van der Waals surface area contributed by atoms with Gasteiger partial charge in [-0.05, 0) is 26.3 Å². The highest BCUT2D eigenvalue weighted by Crippen LogP contribution is 2.21. The van der Waals surface area contributed by atoms with Gasteiger partial charge in [0.15, 0.2) is 0 Å². The SMILES string of the molecule is CC1=CCN(c2nc(C)ccc2CN)CC1. The van der Waals surface area contributed by atoms with Crippen LogP contribution < -0.4 is 10.6 Å². The monoisotopic (exact) mass is 217 g/mol. The number of aryl methyl sites for hydroxylation is 1. The molecular formula is C13H19N3. The van der Waals surface area contributed by atoms with E-state index in [1.165, 1.54) is 5.57 Å². The minimum atomic E-state index is 0.557. The minimum Gasteiger partial charge on any atom is -0.352 e. The van der Waals surface area contributed by atoms with Crippen molar-refractivity contribution < 1.29 is 0 Å². The summed E-state index contributed by atoms with van der Waals surface area (Å²) in [7, 11) is 0. The third kappa shape index (κ3) is 2.25. The lowest BCUT2D eigenvalue weighted by molar-refractivity contribution is 0.765. The molecule has 1 aliphatic heterocycles. The molecule has 0 amide bonds. The quantitative estimate of drug-likeness (QED) is 0.770. The molecule has 0 unspecified atom stereocenters. The van der Waals surface area contributed by atoms with Gasteiger partial charge >= 0.3 is 0 Å². The van der Waals surface area contributed by atoms with Crippen LogP contribution in [0.25, 0.3) is 0 Å². The van der Waals surface area contributed by atoms with Crippen LogP contribution in [0.2, 0.25) is 0 Å². The van der Waals surface area contributed by atoms with E-state index >= 15 is 0 Å². The Hall–Kier alpha value is -1.35. The van der Waals surface area contributed by atoms with Crippen LogP contribution >= 0.6 is 0 Å². The predicted octanol–water partition coefficient (Wildman–Crippen LogP) is 2.01.